The Hall–Kier alpha value is -3.90. The van der Waals surface area contributed by atoms with Gasteiger partial charge in [0.1, 0.15) is 11.7 Å². The van der Waals surface area contributed by atoms with E-state index in [0.29, 0.717) is 16.9 Å². The maximum Gasteiger partial charge on any atom is 0.337 e. The number of aryl methyl sites for hydroxylation is 1. The number of nitriles is 1. The third-order valence-corrected chi connectivity index (χ3v) is 7.06. The standard InChI is InChI=1S/C25H25N5O4/c1-14-7-17(15(2)27-19-6-4-3-5-16(19)23(33)34)21-28-20(18(8-26)22(32)30(21)9-14)29-25-10-24(11-25,12-25)13-31/h3-7,9,15,27,29,31H,10-13H2,1-2H3,(H,33,34). The maximum absolute atomic E-state index is 13.3. The highest BCUT2D eigenvalue weighted by Crippen LogP contribution is 2.67. The van der Waals surface area contributed by atoms with Crippen LogP contribution in [0.1, 0.15) is 59.3 Å². The van der Waals surface area contributed by atoms with E-state index >= 15 is 0 Å². The van der Waals surface area contributed by atoms with Crippen molar-refractivity contribution in [1.29, 1.82) is 5.26 Å². The molecule has 0 amide bonds. The number of nitrogens with one attached hydrogen (secondary N) is 2. The highest BCUT2D eigenvalue weighted by atomic mass is 16.4. The third kappa shape index (κ3) is 3.30. The molecule has 2 heterocycles. The van der Waals surface area contributed by atoms with Crippen molar-refractivity contribution in [2.24, 2.45) is 5.41 Å². The van der Waals surface area contributed by atoms with Crippen molar-refractivity contribution in [1.82, 2.24) is 9.38 Å². The van der Waals surface area contributed by atoms with Crippen molar-refractivity contribution in [3.05, 3.63) is 69.1 Å². The predicted molar refractivity (Wildman–Crippen MR) is 126 cm³/mol. The molecule has 3 aliphatic carbocycles. The van der Waals surface area contributed by atoms with E-state index in [0.717, 1.165) is 24.8 Å². The van der Waals surface area contributed by atoms with Crippen LogP contribution in [0.2, 0.25) is 0 Å². The second-order valence-electron chi connectivity index (χ2n) is 9.73. The molecule has 3 saturated carbocycles. The molecule has 1 atom stereocenters. The summed E-state index contributed by atoms with van der Waals surface area (Å²) in [5, 5.41) is 35.4. The summed E-state index contributed by atoms with van der Waals surface area (Å²) < 4.78 is 1.38. The lowest BCUT2D eigenvalue weighted by Gasteiger charge is -2.70. The molecule has 2 bridgehead atoms. The number of aliphatic hydroxyl groups excluding tert-OH is 1. The Labute approximate surface area is 195 Å². The molecule has 34 heavy (non-hydrogen) atoms. The van der Waals surface area contributed by atoms with Crippen molar-refractivity contribution < 1.29 is 15.0 Å². The molecule has 3 fully saturated rings. The number of hydrogen-bond donors (Lipinski definition) is 4. The molecule has 1 unspecified atom stereocenters. The Balaban J connectivity index is 1.57. The number of pyridine rings is 1. The smallest absolute Gasteiger partial charge is 0.337 e. The lowest BCUT2D eigenvalue weighted by atomic mass is 9.39. The summed E-state index contributed by atoms with van der Waals surface area (Å²) in [5.41, 5.74) is 1.73. The zero-order valence-electron chi connectivity index (χ0n) is 18.9. The van der Waals surface area contributed by atoms with E-state index in [1.807, 2.05) is 26.0 Å². The molecule has 9 heteroatoms. The third-order valence-electron chi connectivity index (χ3n) is 7.06. The first-order valence-corrected chi connectivity index (χ1v) is 11.1. The van der Waals surface area contributed by atoms with E-state index in [4.69, 9.17) is 4.98 Å². The number of aliphatic hydroxyl groups is 1. The van der Waals surface area contributed by atoms with Gasteiger partial charge in [-0.05, 0) is 56.9 Å². The van der Waals surface area contributed by atoms with Crippen LogP contribution in [0.3, 0.4) is 0 Å². The molecule has 0 radical (unpaired) electrons. The molecule has 4 N–H and O–H groups in total. The van der Waals surface area contributed by atoms with Gasteiger partial charge in [-0.15, -0.1) is 0 Å². The number of nitrogens with zero attached hydrogens (tertiary/aromatic N) is 3. The van der Waals surface area contributed by atoms with Gasteiger partial charge in [-0.25, -0.2) is 9.78 Å². The number of aromatic carboxylic acids is 1. The summed E-state index contributed by atoms with van der Waals surface area (Å²) in [6, 6.07) is 10.2. The fourth-order valence-electron chi connectivity index (χ4n) is 5.57. The second-order valence-corrected chi connectivity index (χ2v) is 9.73. The number of fused-ring (bicyclic) bond motifs is 1. The van der Waals surface area contributed by atoms with Gasteiger partial charge in [-0.2, -0.15) is 5.26 Å². The largest absolute Gasteiger partial charge is 0.478 e. The van der Waals surface area contributed by atoms with Gasteiger partial charge in [0.2, 0.25) is 0 Å². The first-order valence-electron chi connectivity index (χ1n) is 11.1. The fourth-order valence-corrected chi connectivity index (χ4v) is 5.57. The van der Waals surface area contributed by atoms with Crippen molar-refractivity contribution in [3.8, 4) is 6.07 Å². The Morgan fingerprint density at radius 3 is 2.68 bits per heavy atom. The van der Waals surface area contributed by atoms with Gasteiger partial charge in [-0.3, -0.25) is 9.20 Å². The lowest BCUT2D eigenvalue weighted by Crippen LogP contribution is -2.72. The number of carboxylic acid groups (broad SMARTS) is 1. The van der Waals surface area contributed by atoms with Gasteiger partial charge >= 0.3 is 5.97 Å². The van der Waals surface area contributed by atoms with Gasteiger partial charge in [0.15, 0.2) is 11.4 Å². The summed E-state index contributed by atoms with van der Waals surface area (Å²) in [7, 11) is 0. The van der Waals surface area contributed by atoms with Crippen LogP contribution in [0, 0.1) is 23.7 Å². The molecule has 3 aliphatic rings. The summed E-state index contributed by atoms with van der Waals surface area (Å²) in [4.78, 5) is 29.6. The Morgan fingerprint density at radius 2 is 2.03 bits per heavy atom. The second kappa shape index (κ2) is 7.57. The zero-order chi connectivity index (χ0) is 24.3. The molecule has 0 saturated heterocycles. The van der Waals surface area contributed by atoms with E-state index in [2.05, 4.69) is 10.6 Å². The van der Waals surface area contributed by atoms with Crippen molar-refractivity contribution in [2.45, 2.75) is 44.7 Å². The summed E-state index contributed by atoms with van der Waals surface area (Å²) in [6.07, 6.45) is 4.01. The van der Waals surface area contributed by atoms with E-state index in [1.165, 1.54) is 10.5 Å². The van der Waals surface area contributed by atoms with E-state index in [-0.39, 0.29) is 40.5 Å². The van der Waals surface area contributed by atoms with Crippen LogP contribution in [0.5, 0.6) is 0 Å². The van der Waals surface area contributed by atoms with E-state index in [9.17, 15) is 25.1 Å². The fraction of sp³-hybridized carbons (Fsp3) is 0.360. The Kier molecular flexibility index (Phi) is 4.88. The minimum Gasteiger partial charge on any atom is -0.478 e. The van der Waals surface area contributed by atoms with Crippen LogP contribution in [0.25, 0.3) is 5.65 Å². The molecule has 2 aromatic heterocycles. The molecule has 0 spiro atoms. The van der Waals surface area contributed by atoms with E-state index < -0.39 is 11.5 Å². The van der Waals surface area contributed by atoms with Crippen LogP contribution in [0.15, 0.2) is 41.3 Å². The summed E-state index contributed by atoms with van der Waals surface area (Å²) >= 11 is 0. The molecular formula is C25H25N5O4. The number of aromatic nitrogens is 2. The van der Waals surface area contributed by atoms with Crippen LogP contribution in [0.4, 0.5) is 11.5 Å². The van der Waals surface area contributed by atoms with Gasteiger partial charge in [0.25, 0.3) is 5.56 Å². The van der Waals surface area contributed by atoms with Gasteiger partial charge in [0.05, 0.1) is 11.6 Å². The molecule has 174 valence electrons. The van der Waals surface area contributed by atoms with Crippen molar-refractivity contribution in [3.63, 3.8) is 0 Å². The number of hydrogen-bond acceptors (Lipinski definition) is 7. The van der Waals surface area contributed by atoms with Crippen LogP contribution >= 0.6 is 0 Å². The summed E-state index contributed by atoms with van der Waals surface area (Å²) in [5.74, 6) is -0.787. The van der Waals surface area contributed by atoms with Crippen LogP contribution < -0.4 is 16.2 Å². The maximum atomic E-state index is 13.3. The first-order chi connectivity index (χ1) is 16.2. The highest BCUT2D eigenvalue weighted by molar-refractivity contribution is 5.94. The number of benzene rings is 1. The normalized spacial score (nSPS) is 23.4. The number of anilines is 2. The number of rotatable bonds is 7. The highest BCUT2D eigenvalue weighted by Gasteiger charge is 2.67. The molecule has 0 aliphatic heterocycles. The van der Waals surface area contributed by atoms with Gasteiger partial charge in [-0.1, -0.05) is 12.1 Å². The average molecular weight is 460 g/mol. The summed E-state index contributed by atoms with van der Waals surface area (Å²) in [6.45, 7) is 3.86. The minimum atomic E-state index is -1.04. The van der Waals surface area contributed by atoms with Crippen LogP contribution in [-0.4, -0.2) is 37.7 Å². The number of carbonyl (C=O) groups is 1. The first kappa shape index (κ1) is 21.9. The van der Waals surface area contributed by atoms with Crippen molar-refractivity contribution in [2.75, 3.05) is 17.2 Å². The lowest BCUT2D eigenvalue weighted by molar-refractivity contribution is -0.146. The molecule has 6 rings (SSSR count). The van der Waals surface area contributed by atoms with Gasteiger partial charge in [0, 0.05) is 35.0 Å². The molecular weight excluding hydrogens is 434 g/mol. The number of para-hydroxylation sites is 1. The van der Waals surface area contributed by atoms with Crippen molar-refractivity contribution >= 4 is 23.1 Å². The van der Waals surface area contributed by atoms with Gasteiger partial charge < -0.3 is 20.8 Å². The Bertz CT molecular complexity index is 1420. The number of carboxylic acids is 1. The monoisotopic (exact) mass is 459 g/mol. The van der Waals surface area contributed by atoms with E-state index in [1.54, 1.807) is 24.4 Å². The molecule has 9 nitrogen and oxygen atoms in total. The topological polar surface area (TPSA) is 140 Å². The molecule has 1 aromatic carbocycles. The Morgan fingerprint density at radius 1 is 1.32 bits per heavy atom. The van der Waals surface area contributed by atoms with Crippen LogP contribution in [-0.2, 0) is 0 Å². The SMILES string of the molecule is Cc1cc(C(C)Nc2ccccc2C(=O)O)c2nc(NC34CC(CO)(C3)C4)c(C#N)c(=O)n2c1. The minimum absolute atomic E-state index is 0.0378. The predicted octanol–water partition coefficient (Wildman–Crippen LogP) is 3.07. The zero-order valence-corrected chi connectivity index (χ0v) is 18.9. The molecule has 3 aromatic rings. The quantitative estimate of drug-likeness (QED) is 0.423. The average Bonchev–Trinajstić information content (AvgIpc) is 2.75.